The molecule has 35 heavy (non-hydrogen) atoms. The second-order valence-corrected chi connectivity index (χ2v) is 16.8. The van der Waals surface area contributed by atoms with Crippen molar-refractivity contribution in [1.82, 2.24) is 4.98 Å². The van der Waals surface area contributed by atoms with E-state index in [-0.39, 0.29) is 10.8 Å². The zero-order chi connectivity index (χ0) is 24.8. The molecule has 3 heteroatoms. The molecule has 0 bridgehead atoms. The normalized spacial score (nSPS) is 19.8. The molecule has 1 aromatic heterocycles. The molecule has 0 amide bonds. The number of benzene rings is 2. The summed E-state index contributed by atoms with van der Waals surface area (Å²) < 4.78 is 0. The van der Waals surface area contributed by atoms with Gasteiger partial charge in [0.05, 0.1) is 11.0 Å². The predicted octanol–water partition coefficient (Wildman–Crippen LogP) is 9.19. The molecule has 2 saturated carbocycles. The molecular weight excluding hydrogens is 460 g/mol. The quantitative estimate of drug-likeness (QED) is 0.339. The van der Waals surface area contributed by atoms with Gasteiger partial charge in [-0.1, -0.05) is 97.2 Å². The van der Waals surface area contributed by atoms with Crippen molar-refractivity contribution in [2.45, 2.75) is 128 Å². The van der Waals surface area contributed by atoms with Crippen molar-refractivity contribution in [2.24, 2.45) is 0 Å². The standard InChI is InChI=1S/C32H47NP2/c1-31(2,3)21-17-25-26-18-22(32(4,5)6)20-28(35-24-15-11-8-12-16-24)30(26)33-29(25)27(19-21)34-23-13-9-7-10-14-23/h17-20,23-24,33-35H,7-16H2,1-6H3. The number of nitrogens with one attached hydrogen (secondary N) is 1. The highest BCUT2D eigenvalue weighted by Crippen LogP contribution is 2.41. The monoisotopic (exact) mass is 507 g/mol. The Hall–Kier alpha value is -0.900. The van der Waals surface area contributed by atoms with Crippen molar-refractivity contribution in [3.05, 3.63) is 35.4 Å². The SMILES string of the molecule is CC(C)(C)c1cc(PC2CCCCC2)c2[nH]c3c(PC4CCCCC4)cc(C(C)(C)C)cc3c2c1. The lowest BCUT2D eigenvalue weighted by Crippen LogP contribution is -2.16. The number of hydrogen-bond donors (Lipinski definition) is 1. The first-order valence-corrected chi connectivity index (χ1v) is 16.4. The van der Waals surface area contributed by atoms with Gasteiger partial charge in [0.15, 0.2) is 0 Å². The lowest BCUT2D eigenvalue weighted by atomic mass is 9.85. The fourth-order valence-electron chi connectivity index (χ4n) is 6.13. The highest BCUT2D eigenvalue weighted by molar-refractivity contribution is 7.49. The van der Waals surface area contributed by atoms with Crippen molar-refractivity contribution in [3.8, 4) is 0 Å². The first-order chi connectivity index (χ1) is 16.6. The van der Waals surface area contributed by atoms with Gasteiger partial charge in [-0.05, 0) is 93.8 Å². The molecule has 190 valence electrons. The van der Waals surface area contributed by atoms with Crippen LogP contribution in [0, 0.1) is 0 Å². The summed E-state index contributed by atoms with van der Waals surface area (Å²) in [6.07, 6.45) is 14.2. The third-order valence-corrected chi connectivity index (χ3v) is 11.9. The Kier molecular flexibility index (Phi) is 7.43. The lowest BCUT2D eigenvalue weighted by molar-refractivity contribution is 0.514. The van der Waals surface area contributed by atoms with Crippen LogP contribution in [0.2, 0.25) is 0 Å². The third-order valence-electron chi connectivity index (χ3n) is 8.48. The van der Waals surface area contributed by atoms with Crippen LogP contribution >= 0.6 is 17.2 Å². The van der Waals surface area contributed by atoms with Crippen molar-refractivity contribution >= 4 is 49.6 Å². The summed E-state index contributed by atoms with van der Waals surface area (Å²) in [5.74, 6) is 0. The van der Waals surface area contributed by atoms with E-state index in [1.165, 1.54) is 97.1 Å². The van der Waals surface area contributed by atoms with Crippen molar-refractivity contribution in [2.75, 3.05) is 0 Å². The number of H-pyrrole nitrogens is 1. The van der Waals surface area contributed by atoms with Gasteiger partial charge in [0, 0.05) is 10.8 Å². The molecule has 1 heterocycles. The van der Waals surface area contributed by atoms with Crippen molar-refractivity contribution in [1.29, 1.82) is 0 Å². The Morgan fingerprint density at radius 1 is 0.571 bits per heavy atom. The molecule has 1 nitrogen and oxygen atoms in total. The molecule has 0 spiro atoms. The molecule has 2 atom stereocenters. The highest BCUT2D eigenvalue weighted by Gasteiger charge is 2.25. The Morgan fingerprint density at radius 3 is 1.29 bits per heavy atom. The second-order valence-electron chi connectivity index (χ2n) is 13.5. The van der Waals surface area contributed by atoms with E-state index in [0.717, 1.165) is 28.5 Å². The van der Waals surface area contributed by atoms with Crippen LogP contribution in [0.1, 0.15) is 117 Å². The topological polar surface area (TPSA) is 15.8 Å². The fourth-order valence-corrected chi connectivity index (χ4v) is 9.56. The average molecular weight is 508 g/mol. The van der Waals surface area contributed by atoms with Gasteiger partial charge in [-0.2, -0.15) is 0 Å². The molecule has 5 rings (SSSR count). The summed E-state index contributed by atoms with van der Waals surface area (Å²) >= 11 is 0. The van der Waals surface area contributed by atoms with Crippen molar-refractivity contribution < 1.29 is 0 Å². The van der Waals surface area contributed by atoms with Gasteiger partial charge in [0.1, 0.15) is 0 Å². The Bertz CT molecular complexity index is 1090. The van der Waals surface area contributed by atoms with Crippen LogP contribution in [-0.4, -0.2) is 16.3 Å². The minimum absolute atomic E-state index is 0.165. The van der Waals surface area contributed by atoms with Gasteiger partial charge in [-0.3, -0.25) is 0 Å². The van der Waals surface area contributed by atoms with E-state index in [1.54, 1.807) is 10.6 Å². The van der Waals surface area contributed by atoms with E-state index in [9.17, 15) is 0 Å². The zero-order valence-electron chi connectivity index (χ0n) is 23.0. The van der Waals surface area contributed by atoms with Crippen molar-refractivity contribution in [3.63, 3.8) is 0 Å². The minimum Gasteiger partial charge on any atom is -0.353 e. The highest BCUT2D eigenvalue weighted by atomic mass is 31.1. The smallest absolute Gasteiger partial charge is 0.0540 e. The molecule has 2 aromatic carbocycles. The van der Waals surface area contributed by atoms with Gasteiger partial charge < -0.3 is 4.98 Å². The molecular formula is C32H47NP2. The van der Waals surface area contributed by atoms with E-state index < -0.39 is 0 Å². The van der Waals surface area contributed by atoms with E-state index in [4.69, 9.17) is 0 Å². The number of aromatic amines is 1. The summed E-state index contributed by atoms with van der Waals surface area (Å²) in [4.78, 5) is 4.07. The maximum absolute atomic E-state index is 4.07. The van der Waals surface area contributed by atoms with Gasteiger partial charge >= 0.3 is 0 Å². The predicted molar refractivity (Wildman–Crippen MR) is 163 cm³/mol. The summed E-state index contributed by atoms with van der Waals surface area (Å²) in [6.45, 7) is 14.3. The summed E-state index contributed by atoms with van der Waals surface area (Å²) in [5, 5.41) is 6.15. The molecule has 0 saturated heterocycles. The Morgan fingerprint density at radius 2 is 0.943 bits per heavy atom. The molecule has 1 N–H and O–H groups in total. The van der Waals surface area contributed by atoms with E-state index in [1.807, 2.05) is 0 Å². The number of aromatic nitrogens is 1. The van der Waals surface area contributed by atoms with Gasteiger partial charge in [-0.15, -0.1) is 0 Å². The minimum atomic E-state index is 0.165. The van der Waals surface area contributed by atoms with Crippen LogP contribution in [0.3, 0.4) is 0 Å². The van der Waals surface area contributed by atoms with Gasteiger partial charge in [-0.25, -0.2) is 0 Å². The molecule has 0 aliphatic heterocycles. The van der Waals surface area contributed by atoms with E-state index >= 15 is 0 Å². The van der Waals surface area contributed by atoms with Crippen LogP contribution in [0.5, 0.6) is 0 Å². The zero-order valence-corrected chi connectivity index (χ0v) is 25.0. The number of hydrogen-bond acceptors (Lipinski definition) is 0. The third kappa shape index (κ3) is 5.68. The van der Waals surface area contributed by atoms with Crippen LogP contribution < -0.4 is 10.6 Å². The van der Waals surface area contributed by atoms with Gasteiger partial charge in [0.2, 0.25) is 0 Å². The molecule has 2 aliphatic rings. The second kappa shape index (κ2) is 10.1. The van der Waals surface area contributed by atoms with Crippen LogP contribution in [0.25, 0.3) is 21.8 Å². The van der Waals surface area contributed by atoms with E-state index in [0.29, 0.717) is 0 Å². The van der Waals surface area contributed by atoms with Crippen LogP contribution in [0.4, 0.5) is 0 Å². The summed E-state index contributed by atoms with van der Waals surface area (Å²) in [5.41, 5.74) is 7.97. The first kappa shape index (κ1) is 25.7. The van der Waals surface area contributed by atoms with Gasteiger partial charge in [0.25, 0.3) is 0 Å². The van der Waals surface area contributed by atoms with Crippen LogP contribution in [-0.2, 0) is 10.8 Å². The molecule has 0 radical (unpaired) electrons. The number of rotatable bonds is 4. The van der Waals surface area contributed by atoms with Crippen LogP contribution in [0.15, 0.2) is 24.3 Å². The first-order valence-electron chi connectivity index (χ1n) is 14.3. The Balaban J connectivity index is 1.70. The average Bonchev–Trinajstić information content (AvgIpc) is 3.19. The fraction of sp³-hybridized carbons (Fsp3) is 0.625. The van der Waals surface area contributed by atoms with E-state index in [2.05, 4.69) is 70.8 Å². The lowest BCUT2D eigenvalue weighted by Gasteiger charge is -2.25. The molecule has 2 unspecified atom stereocenters. The Labute approximate surface area is 217 Å². The number of fused-ring (bicyclic) bond motifs is 3. The maximum atomic E-state index is 4.07. The molecule has 2 aliphatic carbocycles. The maximum Gasteiger partial charge on any atom is 0.0540 e. The molecule has 2 fully saturated rings. The summed E-state index contributed by atoms with van der Waals surface area (Å²) in [6, 6.07) is 10.2. The summed E-state index contributed by atoms with van der Waals surface area (Å²) in [7, 11) is 1.85. The largest absolute Gasteiger partial charge is 0.353 e. The molecule has 3 aromatic rings.